The maximum absolute atomic E-state index is 3.78. The fraction of sp³-hybridized carbons (Fsp3) is 0.714. The highest BCUT2D eigenvalue weighted by atomic mass is 32.1. The van der Waals surface area contributed by atoms with Crippen molar-refractivity contribution < 1.29 is 0 Å². The number of thiophene rings is 1. The summed E-state index contributed by atoms with van der Waals surface area (Å²) in [5.74, 6) is 0.995. The zero-order valence-corrected chi connectivity index (χ0v) is 11.2. The van der Waals surface area contributed by atoms with Gasteiger partial charge in [-0.15, -0.1) is 11.3 Å². The van der Waals surface area contributed by atoms with Crippen LogP contribution < -0.4 is 5.32 Å². The Morgan fingerprint density at radius 1 is 1.38 bits per heavy atom. The Balaban J connectivity index is 1.78. The quantitative estimate of drug-likeness (QED) is 0.820. The Hall–Kier alpha value is -0.340. The molecule has 1 atom stereocenters. The Kier molecular flexibility index (Phi) is 4.42. The maximum Gasteiger partial charge on any atom is 0.0388 e. The lowest BCUT2D eigenvalue weighted by atomic mass is 9.84. The minimum Gasteiger partial charge on any atom is -0.307 e. The van der Waals surface area contributed by atoms with Gasteiger partial charge < -0.3 is 5.32 Å². The van der Waals surface area contributed by atoms with Crippen LogP contribution >= 0.6 is 11.3 Å². The molecule has 0 amide bonds. The van der Waals surface area contributed by atoms with E-state index in [-0.39, 0.29) is 0 Å². The smallest absolute Gasteiger partial charge is 0.0388 e. The molecule has 2 rings (SSSR count). The molecule has 1 nitrogen and oxygen atoms in total. The Morgan fingerprint density at radius 2 is 2.12 bits per heavy atom. The van der Waals surface area contributed by atoms with Crippen molar-refractivity contribution >= 4 is 11.3 Å². The summed E-state index contributed by atoms with van der Waals surface area (Å²) in [6.45, 7) is 4.62. The number of rotatable bonds is 4. The molecule has 0 radical (unpaired) electrons. The van der Waals surface area contributed by atoms with Gasteiger partial charge in [-0.25, -0.2) is 0 Å². The van der Waals surface area contributed by atoms with E-state index in [4.69, 9.17) is 0 Å². The molecule has 1 saturated carbocycles. The van der Waals surface area contributed by atoms with Gasteiger partial charge in [-0.1, -0.05) is 19.4 Å². The molecule has 0 saturated heterocycles. The van der Waals surface area contributed by atoms with Crippen LogP contribution in [0.3, 0.4) is 0 Å². The molecule has 0 aromatic carbocycles. The zero-order valence-electron chi connectivity index (χ0n) is 10.4. The van der Waals surface area contributed by atoms with Crippen molar-refractivity contribution in [2.24, 2.45) is 5.92 Å². The molecule has 1 N–H and O–H groups in total. The van der Waals surface area contributed by atoms with Gasteiger partial charge in [0.1, 0.15) is 0 Å². The van der Waals surface area contributed by atoms with Crippen molar-refractivity contribution in [1.82, 2.24) is 5.32 Å². The average Bonchev–Trinajstić information content (AvgIpc) is 2.83. The van der Waals surface area contributed by atoms with Crippen LogP contribution in [-0.2, 0) is 0 Å². The van der Waals surface area contributed by atoms with E-state index in [1.165, 1.54) is 37.0 Å². The number of nitrogens with one attached hydrogen (secondary N) is 1. The van der Waals surface area contributed by atoms with Crippen LogP contribution in [0.25, 0.3) is 0 Å². The molecule has 0 aliphatic heterocycles. The third-order valence-corrected chi connectivity index (χ3v) is 4.93. The van der Waals surface area contributed by atoms with Gasteiger partial charge in [0, 0.05) is 17.0 Å². The van der Waals surface area contributed by atoms with E-state index in [1.807, 2.05) is 11.3 Å². The highest BCUT2D eigenvalue weighted by Crippen LogP contribution is 2.28. The lowest BCUT2D eigenvalue weighted by molar-refractivity contribution is 0.274. The summed E-state index contributed by atoms with van der Waals surface area (Å²) in [4.78, 5) is 1.47. The summed E-state index contributed by atoms with van der Waals surface area (Å²) >= 11 is 1.86. The topological polar surface area (TPSA) is 12.0 Å². The number of hydrogen-bond donors (Lipinski definition) is 1. The molecule has 1 aromatic rings. The van der Waals surface area contributed by atoms with Crippen LogP contribution in [-0.4, -0.2) is 6.04 Å². The standard InChI is InChI=1S/C14H23NS/c1-3-12-6-8-13(9-7-12)15-11(2)14-5-4-10-16-14/h4-5,10-13,15H,3,6-9H2,1-2H3/t11-,12?,13?/m1/s1. The van der Waals surface area contributed by atoms with E-state index >= 15 is 0 Å². The van der Waals surface area contributed by atoms with Crippen molar-refractivity contribution in [2.75, 3.05) is 0 Å². The third-order valence-electron chi connectivity index (χ3n) is 3.88. The van der Waals surface area contributed by atoms with E-state index in [1.54, 1.807) is 0 Å². The normalized spacial score (nSPS) is 27.9. The summed E-state index contributed by atoms with van der Waals surface area (Å²) in [5, 5.41) is 5.94. The predicted octanol–water partition coefficient (Wildman–Crippen LogP) is 4.37. The van der Waals surface area contributed by atoms with Crippen molar-refractivity contribution in [3.8, 4) is 0 Å². The molecule has 0 spiro atoms. The molecule has 2 heteroatoms. The highest BCUT2D eigenvalue weighted by molar-refractivity contribution is 7.10. The van der Waals surface area contributed by atoms with Gasteiger partial charge in [0.2, 0.25) is 0 Å². The van der Waals surface area contributed by atoms with Gasteiger partial charge in [0.15, 0.2) is 0 Å². The van der Waals surface area contributed by atoms with E-state index in [0.717, 1.165) is 12.0 Å². The Labute approximate surface area is 103 Å². The van der Waals surface area contributed by atoms with Gasteiger partial charge in [-0.2, -0.15) is 0 Å². The second-order valence-corrected chi connectivity index (χ2v) is 6.01. The third kappa shape index (κ3) is 3.08. The first-order valence-electron chi connectivity index (χ1n) is 6.59. The van der Waals surface area contributed by atoms with Gasteiger partial charge in [0.05, 0.1) is 0 Å². The Bertz CT molecular complexity index is 286. The molecule has 1 fully saturated rings. The number of hydrogen-bond acceptors (Lipinski definition) is 2. The van der Waals surface area contributed by atoms with Gasteiger partial charge in [-0.3, -0.25) is 0 Å². The fourth-order valence-electron chi connectivity index (χ4n) is 2.71. The van der Waals surface area contributed by atoms with E-state index in [2.05, 4.69) is 36.7 Å². The fourth-order valence-corrected chi connectivity index (χ4v) is 3.45. The predicted molar refractivity (Wildman–Crippen MR) is 71.9 cm³/mol. The molecule has 1 aliphatic rings. The lowest BCUT2D eigenvalue weighted by Crippen LogP contribution is -2.34. The van der Waals surface area contributed by atoms with Crippen LogP contribution in [0.15, 0.2) is 17.5 Å². The van der Waals surface area contributed by atoms with Crippen LogP contribution in [0.4, 0.5) is 0 Å². The SMILES string of the molecule is CCC1CCC(N[C@H](C)c2cccs2)CC1. The van der Waals surface area contributed by atoms with Crippen molar-refractivity contribution in [2.45, 2.75) is 58.0 Å². The first kappa shape index (κ1) is 12.1. The van der Waals surface area contributed by atoms with Crippen molar-refractivity contribution in [3.05, 3.63) is 22.4 Å². The zero-order chi connectivity index (χ0) is 11.4. The molecule has 0 unspecified atom stereocenters. The minimum absolute atomic E-state index is 0.531. The first-order valence-corrected chi connectivity index (χ1v) is 7.47. The van der Waals surface area contributed by atoms with E-state index in [0.29, 0.717) is 6.04 Å². The lowest BCUT2D eigenvalue weighted by Gasteiger charge is -2.30. The van der Waals surface area contributed by atoms with E-state index < -0.39 is 0 Å². The Morgan fingerprint density at radius 3 is 2.69 bits per heavy atom. The second-order valence-electron chi connectivity index (χ2n) is 5.03. The van der Waals surface area contributed by atoms with Gasteiger partial charge >= 0.3 is 0 Å². The van der Waals surface area contributed by atoms with Gasteiger partial charge in [0.25, 0.3) is 0 Å². The monoisotopic (exact) mass is 237 g/mol. The van der Waals surface area contributed by atoms with E-state index in [9.17, 15) is 0 Å². The van der Waals surface area contributed by atoms with Crippen LogP contribution in [0.1, 0.15) is 56.9 Å². The average molecular weight is 237 g/mol. The van der Waals surface area contributed by atoms with Crippen LogP contribution in [0, 0.1) is 5.92 Å². The maximum atomic E-state index is 3.78. The molecule has 1 aliphatic carbocycles. The molecule has 1 heterocycles. The molecular weight excluding hydrogens is 214 g/mol. The molecule has 0 bridgehead atoms. The summed E-state index contributed by atoms with van der Waals surface area (Å²) < 4.78 is 0. The highest BCUT2D eigenvalue weighted by Gasteiger charge is 2.21. The summed E-state index contributed by atoms with van der Waals surface area (Å²) in [6.07, 6.45) is 6.95. The molecule has 16 heavy (non-hydrogen) atoms. The summed E-state index contributed by atoms with van der Waals surface area (Å²) in [5.41, 5.74) is 0. The summed E-state index contributed by atoms with van der Waals surface area (Å²) in [7, 11) is 0. The largest absolute Gasteiger partial charge is 0.307 e. The molecule has 1 aromatic heterocycles. The second kappa shape index (κ2) is 5.83. The van der Waals surface area contributed by atoms with Crippen molar-refractivity contribution in [3.63, 3.8) is 0 Å². The van der Waals surface area contributed by atoms with Gasteiger partial charge in [-0.05, 0) is 50.0 Å². The molecular formula is C14H23NS. The minimum atomic E-state index is 0.531. The first-order chi connectivity index (χ1) is 7.79. The molecule has 90 valence electrons. The van der Waals surface area contributed by atoms with Crippen molar-refractivity contribution in [1.29, 1.82) is 0 Å². The van der Waals surface area contributed by atoms with Crippen LogP contribution in [0.5, 0.6) is 0 Å². The summed E-state index contributed by atoms with van der Waals surface area (Å²) in [6, 6.07) is 5.66. The van der Waals surface area contributed by atoms with Crippen LogP contribution in [0.2, 0.25) is 0 Å².